The van der Waals surface area contributed by atoms with Gasteiger partial charge in [0.1, 0.15) is 23.3 Å². The predicted molar refractivity (Wildman–Crippen MR) is 182 cm³/mol. The Bertz CT molecular complexity index is 1950. The lowest BCUT2D eigenvalue weighted by molar-refractivity contribution is 0.547. The summed E-state index contributed by atoms with van der Waals surface area (Å²) in [5, 5.41) is 0. The van der Waals surface area contributed by atoms with Gasteiger partial charge in [-0.25, -0.2) is 26.0 Å². The molecule has 0 atom stereocenters. The highest BCUT2D eigenvalue weighted by atomic mass is 32.2. The summed E-state index contributed by atoms with van der Waals surface area (Å²) in [5.41, 5.74) is 8.31. The predicted octanol–water partition coefficient (Wildman–Crippen LogP) is 10.3. The Labute approximate surface area is 273 Å². The van der Waals surface area contributed by atoms with Crippen molar-refractivity contribution >= 4 is 32.1 Å². The summed E-state index contributed by atoms with van der Waals surface area (Å²) in [5.74, 6) is -6.24. The van der Waals surface area contributed by atoms with Crippen LogP contribution in [-0.4, -0.2) is 8.42 Å². The van der Waals surface area contributed by atoms with E-state index in [-0.39, 0.29) is 11.1 Å². The van der Waals surface area contributed by atoms with Gasteiger partial charge in [0.2, 0.25) is 0 Å². The lowest BCUT2D eigenvalue weighted by atomic mass is 9.92. The van der Waals surface area contributed by atoms with Gasteiger partial charge in [0.25, 0.3) is 0 Å². The zero-order chi connectivity index (χ0) is 33.6. The molecule has 0 aromatic heterocycles. The van der Waals surface area contributed by atoms with E-state index in [4.69, 9.17) is 0 Å². The van der Waals surface area contributed by atoms with Gasteiger partial charge in [0, 0.05) is 11.1 Å². The minimum atomic E-state index is -4.38. The van der Waals surface area contributed by atoms with Gasteiger partial charge in [-0.05, 0) is 109 Å². The van der Waals surface area contributed by atoms with Crippen molar-refractivity contribution in [2.75, 3.05) is 0 Å². The average Bonchev–Trinajstić information content (AvgIpc) is 3.66. The second kappa shape index (κ2) is 12.6. The number of benzene rings is 4. The number of sulfone groups is 1. The van der Waals surface area contributed by atoms with E-state index in [0.717, 1.165) is 68.8 Å². The molecule has 0 heterocycles. The molecule has 47 heavy (non-hydrogen) atoms. The number of hydrogen-bond acceptors (Lipinski definition) is 2. The number of hydrogen-bond donors (Lipinski definition) is 0. The Morgan fingerprint density at radius 1 is 0.447 bits per heavy atom. The molecule has 0 aliphatic heterocycles. The molecule has 6 rings (SSSR count). The van der Waals surface area contributed by atoms with Crippen molar-refractivity contribution in [3.8, 4) is 0 Å². The van der Waals surface area contributed by atoms with Crippen LogP contribution in [0.25, 0.3) is 22.3 Å². The van der Waals surface area contributed by atoms with E-state index < -0.39 is 55.7 Å². The van der Waals surface area contributed by atoms with Crippen LogP contribution in [0.5, 0.6) is 0 Å². The zero-order valence-corrected chi connectivity index (χ0v) is 27.5. The highest BCUT2D eigenvalue weighted by Gasteiger charge is 2.26. The molecule has 0 saturated carbocycles. The van der Waals surface area contributed by atoms with E-state index in [9.17, 15) is 8.42 Å². The summed E-state index contributed by atoms with van der Waals surface area (Å²) in [4.78, 5) is 0. The quantitative estimate of drug-likeness (QED) is 0.177. The normalized spacial score (nSPS) is 14.6. The Morgan fingerprint density at radius 3 is 0.979 bits per heavy atom. The second-order valence-corrected chi connectivity index (χ2v) is 14.6. The maximum atomic E-state index is 15.4. The van der Waals surface area contributed by atoms with Gasteiger partial charge < -0.3 is 0 Å². The Balaban J connectivity index is 1.23. The van der Waals surface area contributed by atoms with Crippen molar-refractivity contribution in [3.63, 3.8) is 0 Å². The molecule has 2 aliphatic rings. The maximum Gasteiger partial charge on any atom is 0.159 e. The molecule has 0 saturated heterocycles. The topological polar surface area (TPSA) is 34.1 Å². The van der Waals surface area contributed by atoms with Gasteiger partial charge in [-0.2, -0.15) is 0 Å². The minimum Gasteiger partial charge on any atom is -0.228 e. The zero-order valence-electron chi connectivity index (χ0n) is 26.6. The third-order valence-corrected chi connectivity index (χ3v) is 10.0. The number of halogens is 4. The molecule has 0 N–H and O–H groups in total. The van der Waals surface area contributed by atoms with Gasteiger partial charge in [0.15, 0.2) is 9.84 Å². The molecule has 4 aromatic rings. The highest BCUT2D eigenvalue weighted by molar-refractivity contribution is 7.89. The van der Waals surface area contributed by atoms with Crippen LogP contribution >= 0.6 is 0 Å². The molecule has 2 aliphatic carbocycles. The van der Waals surface area contributed by atoms with Crippen LogP contribution in [0.15, 0.2) is 85.0 Å². The smallest absolute Gasteiger partial charge is 0.159 e. The number of rotatable bonds is 8. The molecule has 2 nitrogen and oxygen atoms in total. The van der Waals surface area contributed by atoms with Crippen LogP contribution in [0.4, 0.5) is 17.6 Å². The lowest BCUT2D eigenvalue weighted by Crippen LogP contribution is -2.13. The van der Waals surface area contributed by atoms with Crippen LogP contribution in [0.3, 0.4) is 0 Å². The molecular formula is C40H34F4O2S. The first-order valence-corrected chi connectivity index (χ1v) is 17.3. The van der Waals surface area contributed by atoms with Crippen LogP contribution in [0.1, 0.15) is 68.5 Å². The summed E-state index contributed by atoms with van der Waals surface area (Å²) in [6.07, 6.45) is 8.89. The van der Waals surface area contributed by atoms with Gasteiger partial charge in [-0.3, -0.25) is 0 Å². The van der Waals surface area contributed by atoms with Crippen molar-refractivity contribution in [3.05, 3.63) is 164 Å². The van der Waals surface area contributed by atoms with Gasteiger partial charge in [-0.15, -0.1) is 0 Å². The van der Waals surface area contributed by atoms with E-state index in [0.29, 0.717) is 24.0 Å². The molecule has 240 valence electrons. The fourth-order valence-corrected chi connectivity index (χ4v) is 8.20. The summed E-state index contributed by atoms with van der Waals surface area (Å²) < 4.78 is 87.9. The maximum absolute atomic E-state index is 15.4. The first-order valence-electron chi connectivity index (χ1n) is 15.4. The van der Waals surface area contributed by atoms with Gasteiger partial charge in [-0.1, -0.05) is 83.0 Å². The first kappa shape index (κ1) is 32.5. The average molecular weight is 655 g/mol. The molecule has 0 unspecified atom stereocenters. The van der Waals surface area contributed by atoms with Crippen molar-refractivity contribution in [1.82, 2.24) is 0 Å². The van der Waals surface area contributed by atoms with Crippen LogP contribution in [-0.2, 0) is 21.3 Å². The molecular weight excluding hydrogens is 620 g/mol. The molecule has 7 heteroatoms. The standard InChI is InChI=1S/C40H34F4O2S/c1-23-11-24(2)14-27(13-23)31-7-5-9-33(31)29-17-37(41)35(38(42)18-29)21-47(45,46)22-36-39(43)19-30(20-40(36)44)34-10-6-8-32(34)28-15-25(3)12-26(4)16-28/h7-20H,5-6,21-22H2,1-4H3. The molecule has 0 spiro atoms. The van der Waals surface area contributed by atoms with Crippen molar-refractivity contribution in [1.29, 1.82) is 0 Å². The summed E-state index contributed by atoms with van der Waals surface area (Å²) >= 11 is 0. The van der Waals surface area contributed by atoms with Crippen molar-refractivity contribution in [2.24, 2.45) is 0 Å². The van der Waals surface area contributed by atoms with E-state index in [1.165, 1.54) is 0 Å². The fraction of sp³-hybridized carbons (Fsp3) is 0.200. The summed E-state index contributed by atoms with van der Waals surface area (Å²) in [6.45, 7) is 7.90. The molecule has 4 aromatic carbocycles. The Morgan fingerprint density at radius 2 is 0.702 bits per heavy atom. The van der Waals surface area contributed by atoms with Crippen LogP contribution in [0, 0.1) is 51.0 Å². The number of allylic oxidation sites excluding steroid dienone is 8. The first-order chi connectivity index (χ1) is 22.3. The van der Waals surface area contributed by atoms with E-state index in [2.05, 4.69) is 0 Å². The minimum absolute atomic E-state index is 0.284. The summed E-state index contributed by atoms with van der Waals surface area (Å²) in [7, 11) is -4.38. The van der Waals surface area contributed by atoms with E-state index in [1.54, 1.807) is 0 Å². The SMILES string of the molecule is Cc1cc(C)cc(C2=CCC=C2c2cc(F)c(CS(=O)(=O)Cc3c(F)cc(C4=CCC=C4c4cc(C)cc(C)c4)cc3F)c(F)c2)c1. The molecule has 0 radical (unpaired) electrons. The molecule has 0 fully saturated rings. The molecule has 0 bridgehead atoms. The summed E-state index contributed by atoms with van der Waals surface area (Å²) in [6, 6.07) is 16.6. The largest absolute Gasteiger partial charge is 0.228 e. The molecule has 0 amide bonds. The van der Waals surface area contributed by atoms with E-state index in [1.807, 2.05) is 88.4 Å². The van der Waals surface area contributed by atoms with Crippen LogP contribution < -0.4 is 0 Å². The lowest BCUT2D eigenvalue weighted by Gasteiger charge is -2.15. The number of aryl methyl sites for hydroxylation is 4. The monoisotopic (exact) mass is 654 g/mol. The highest BCUT2D eigenvalue weighted by Crippen LogP contribution is 2.40. The van der Waals surface area contributed by atoms with Crippen LogP contribution in [0.2, 0.25) is 0 Å². The van der Waals surface area contributed by atoms with Gasteiger partial charge in [0.05, 0.1) is 11.5 Å². The van der Waals surface area contributed by atoms with Gasteiger partial charge >= 0.3 is 0 Å². The Kier molecular flexibility index (Phi) is 8.70. The van der Waals surface area contributed by atoms with E-state index >= 15 is 17.6 Å². The van der Waals surface area contributed by atoms with Crippen molar-refractivity contribution in [2.45, 2.75) is 52.0 Å². The second-order valence-electron chi connectivity index (χ2n) is 12.6. The third-order valence-electron chi connectivity index (χ3n) is 8.57. The Hall–Kier alpha value is -4.49. The third kappa shape index (κ3) is 6.82. The fourth-order valence-electron chi connectivity index (χ4n) is 6.67. The van der Waals surface area contributed by atoms with Crippen molar-refractivity contribution < 1.29 is 26.0 Å².